The Balaban J connectivity index is 1.44. The topological polar surface area (TPSA) is 71.1 Å². The highest BCUT2D eigenvalue weighted by atomic mass is 32.2. The lowest BCUT2D eigenvalue weighted by Crippen LogP contribution is -2.19. The summed E-state index contributed by atoms with van der Waals surface area (Å²) in [6, 6.07) is 25.9. The Morgan fingerprint density at radius 3 is 2.40 bits per heavy atom. The molecular weight excluding hydrogens is 394 g/mol. The van der Waals surface area contributed by atoms with Crippen LogP contribution in [0.2, 0.25) is 0 Å². The van der Waals surface area contributed by atoms with Crippen LogP contribution < -0.4 is 10.6 Å². The molecule has 1 heterocycles. The van der Waals surface area contributed by atoms with Gasteiger partial charge in [0.25, 0.3) is 5.91 Å². The maximum Gasteiger partial charge on any atom is 0.257 e. The summed E-state index contributed by atoms with van der Waals surface area (Å²) in [6.07, 6.45) is 1.74. The van der Waals surface area contributed by atoms with Gasteiger partial charge in [0.1, 0.15) is 0 Å². The molecule has 2 amide bonds. The van der Waals surface area contributed by atoms with Crippen LogP contribution in [0.1, 0.15) is 10.4 Å². The third-order valence-corrected chi connectivity index (χ3v) is 5.52. The lowest BCUT2D eigenvalue weighted by Gasteiger charge is -2.12. The highest BCUT2D eigenvalue weighted by Crippen LogP contribution is 2.26. The van der Waals surface area contributed by atoms with Crippen molar-refractivity contribution in [1.82, 2.24) is 4.98 Å². The number of carbonyl (C=O) groups excluding carboxylic acids is 2. The maximum atomic E-state index is 12.7. The second-order valence-electron chi connectivity index (χ2n) is 6.53. The van der Waals surface area contributed by atoms with Crippen molar-refractivity contribution in [2.24, 2.45) is 0 Å². The van der Waals surface area contributed by atoms with E-state index in [-0.39, 0.29) is 17.6 Å². The van der Waals surface area contributed by atoms with E-state index < -0.39 is 0 Å². The molecule has 0 spiro atoms. The summed E-state index contributed by atoms with van der Waals surface area (Å²) in [4.78, 5) is 30.6. The van der Waals surface area contributed by atoms with Gasteiger partial charge < -0.3 is 10.6 Å². The standard InChI is InChI=1S/C24H19N3O2S/c28-23(16-30-22-14-15-25-20-12-6-4-10-18(20)22)27-21-13-7-5-11-19(21)24(29)26-17-8-2-1-3-9-17/h1-15H,16H2,(H,26,29)(H,27,28). The molecule has 0 atom stereocenters. The van der Waals surface area contributed by atoms with Gasteiger partial charge in [-0.2, -0.15) is 0 Å². The summed E-state index contributed by atoms with van der Waals surface area (Å²) in [5.41, 5.74) is 2.49. The number of benzene rings is 3. The van der Waals surface area contributed by atoms with Gasteiger partial charge in [-0.3, -0.25) is 14.6 Å². The van der Waals surface area contributed by atoms with Gasteiger partial charge >= 0.3 is 0 Å². The minimum atomic E-state index is -0.273. The van der Waals surface area contributed by atoms with Gasteiger partial charge in [-0.15, -0.1) is 11.8 Å². The summed E-state index contributed by atoms with van der Waals surface area (Å²) in [7, 11) is 0. The molecule has 0 bridgehead atoms. The number of amides is 2. The van der Waals surface area contributed by atoms with Crippen molar-refractivity contribution >= 4 is 45.9 Å². The van der Waals surface area contributed by atoms with Crippen molar-refractivity contribution < 1.29 is 9.59 Å². The van der Waals surface area contributed by atoms with E-state index in [2.05, 4.69) is 15.6 Å². The van der Waals surface area contributed by atoms with Crippen molar-refractivity contribution in [3.8, 4) is 0 Å². The molecule has 4 aromatic rings. The first kappa shape index (κ1) is 19.7. The predicted octanol–water partition coefficient (Wildman–Crippen LogP) is 5.22. The quantitative estimate of drug-likeness (QED) is 0.425. The number of hydrogen-bond acceptors (Lipinski definition) is 4. The number of para-hydroxylation sites is 3. The molecule has 0 aliphatic carbocycles. The first-order chi connectivity index (χ1) is 14.7. The van der Waals surface area contributed by atoms with Crippen molar-refractivity contribution in [2.45, 2.75) is 4.90 Å². The molecule has 0 aliphatic heterocycles. The number of carbonyl (C=O) groups is 2. The number of fused-ring (bicyclic) bond motifs is 1. The number of nitrogens with one attached hydrogen (secondary N) is 2. The number of hydrogen-bond donors (Lipinski definition) is 2. The first-order valence-corrected chi connectivity index (χ1v) is 10.4. The fourth-order valence-corrected chi connectivity index (χ4v) is 3.88. The Morgan fingerprint density at radius 1 is 0.800 bits per heavy atom. The highest BCUT2D eigenvalue weighted by Gasteiger charge is 2.14. The maximum absolute atomic E-state index is 12.7. The molecule has 30 heavy (non-hydrogen) atoms. The predicted molar refractivity (Wildman–Crippen MR) is 122 cm³/mol. The van der Waals surface area contributed by atoms with E-state index in [0.717, 1.165) is 15.8 Å². The molecule has 0 fully saturated rings. The second-order valence-corrected chi connectivity index (χ2v) is 7.55. The molecule has 0 unspecified atom stereocenters. The Labute approximate surface area is 178 Å². The number of rotatable bonds is 6. The fourth-order valence-electron chi connectivity index (χ4n) is 3.04. The van der Waals surface area contributed by atoms with E-state index in [4.69, 9.17) is 0 Å². The van der Waals surface area contributed by atoms with E-state index in [0.29, 0.717) is 16.9 Å². The summed E-state index contributed by atoms with van der Waals surface area (Å²) >= 11 is 1.44. The van der Waals surface area contributed by atoms with Crippen LogP contribution in [0, 0.1) is 0 Å². The van der Waals surface area contributed by atoms with Crippen LogP contribution in [0.5, 0.6) is 0 Å². The number of pyridine rings is 1. The minimum Gasteiger partial charge on any atom is -0.325 e. The SMILES string of the molecule is O=C(CSc1ccnc2ccccc12)Nc1ccccc1C(=O)Nc1ccccc1. The summed E-state index contributed by atoms with van der Waals surface area (Å²) in [5, 5.41) is 6.72. The van der Waals surface area contributed by atoms with Crippen LogP contribution in [0.3, 0.4) is 0 Å². The fraction of sp³-hybridized carbons (Fsp3) is 0.0417. The average molecular weight is 414 g/mol. The molecule has 0 aliphatic rings. The smallest absolute Gasteiger partial charge is 0.257 e. The normalized spacial score (nSPS) is 10.5. The summed E-state index contributed by atoms with van der Waals surface area (Å²) < 4.78 is 0. The van der Waals surface area contributed by atoms with E-state index in [1.54, 1.807) is 30.5 Å². The Bertz CT molecular complexity index is 1190. The first-order valence-electron chi connectivity index (χ1n) is 9.42. The van der Waals surface area contributed by atoms with Crippen LogP contribution in [-0.4, -0.2) is 22.6 Å². The monoisotopic (exact) mass is 413 g/mol. The lowest BCUT2D eigenvalue weighted by atomic mass is 10.1. The van der Waals surface area contributed by atoms with Crippen molar-refractivity contribution in [3.63, 3.8) is 0 Å². The van der Waals surface area contributed by atoms with Gasteiger partial charge in [-0.05, 0) is 36.4 Å². The van der Waals surface area contributed by atoms with Crippen molar-refractivity contribution in [3.05, 3.63) is 96.7 Å². The zero-order valence-corrected chi connectivity index (χ0v) is 16.9. The van der Waals surface area contributed by atoms with Gasteiger partial charge in [0.05, 0.1) is 22.5 Å². The largest absolute Gasteiger partial charge is 0.325 e. The average Bonchev–Trinajstić information content (AvgIpc) is 2.78. The van der Waals surface area contributed by atoms with Gasteiger partial charge in [-0.25, -0.2) is 0 Å². The Morgan fingerprint density at radius 2 is 1.53 bits per heavy atom. The lowest BCUT2D eigenvalue weighted by molar-refractivity contribution is -0.113. The molecule has 0 radical (unpaired) electrons. The van der Waals surface area contributed by atoms with E-state index in [1.807, 2.05) is 60.7 Å². The van der Waals surface area contributed by atoms with Crippen molar-refractivity contribution in [2.75, 3.05) is 16.4 Å². The molecule has 3 aromatic carbocycles. The highest BCUT2D eigenvalue weighted by molar-refractivity contribution is 8.00. The molecule has 0 saturated heterocycles. The third kappa shape index (κ3) is 4.67. The van der Waals surface area contributed by atoms with E-state index in [9.17, 15) is 9.59 Å². The zero-order chi connectivity index (χ0) is 20.8. The van der Waals surface area contributed by atoms with Gasteiger partial charge in [0, 0.05) is 22.2 Å². The summed E-state index contributed by atoms with van der Waals surface area (Å²) in [5.74, 6) is -0.228. The van der Waals surface area contributed by atoms with Crippen LogP contribution >= 0.6 is 11.8 Å². The number of nitrogens with zero attached hydrogens (tertiary/aromatic N) is 1. The molecule has 4 rings (SSSR count). The molecule has 5 nitrogen and oxygen atoms in total. The van der Waals surface area contributed by atoms with Gasteiger partial charge in [-0.1, -0.05) is 48.5 Å². The Kier molecular flexibility index (Phi) is 6.06. The number of thioether (sulfide) groups is 1. The van der Waals surface area contributed by atoms with Crippen molar-refractivity contribution in [1.29, 1.82) is 0 Å². The van der Waals surface area contributed by atoms with Gasteiger partial charge in [0.15, 0.2) is 0 Å². The molecular formula is C24H19N3O2S. The third-order valence-electron chi connectivity index (χ3n) is 4.45. The van der Waals surface area contributed by atoms with Crippen LogP contribution in [0.25, 0.3) is 10.9 Å². The van der Waals surface area contributed by atoms with Gasteiger partial charge in [0.2, 0.25) is 5.91 Å². The number of anilines is 2. The Hall–Kier alpha value is -3.64. The molecule has 2 N–H and O–H groups in total. The molecule has 0 saturated carbocycles. The molecule has 148 valence electrons. The second kappa shape index (κ2) is 9.24. The number of aromatic nitrogens is 1. The molecule has 6 heteroatoms. The molecule has 1 aromatic heterocycles. The van der Waals surface area contributed by atoms with Crippen LogP contribution in [0.15, 0.2) is 96.0 Å². The van der Waals surface area contributed by atoms with E-state index in [1.165, 1.54) is 11.8 Å². The zero-order valence-electron chi connectivity index (χ0n) is 16.0. The van der Waals surface area contributed by atoms with Crippen LogP contribution in [0.4, 0.5) is 11.4 Å². The minimum absolute atomic E-state index is 0.180. The van der Waals surface area contributed by atoms with Crippen LogP contribution in [-0.2, 0) is 4.79 Å². The van der Waals surface area contributed by atoms with E-state index >= 15 is 0 Å². The summed E-state index contributed by atoms with van der Waals surface area (Å²) in [6.45, 7) is 0.